The lowest BCUT2D eigenvalue weighted by Crippen LogP contribution is -2.04. The maximum atomic E-state index is 11.1. The van der Waals surface area contributed by atoms with Gasteiger partial charge in [0.15, 0.2) is 0 Å². The summed E-state index contributed by atoms with van der Waals surface area (Å²) in [4.78, 5) is 11.1. The van der Waals surface area contributed by atoms with Gasteiger partial charge in [-0.2, -0.15) is 0 Å². The summed E-state index contributed by atoms with van der Waals surface area (Å²) in [7, 11) is 0. The van der Waals surface area contributed by atoms with Crippen LogP contribution >= 0.6 is 0 Å². The summed E-state index contributed by atoms with van der Waals surface area (Å²) in [6.45, 7) is 8.94. The summed E-state index contributed by atoms with van der Waals surface area (Å²) in [6, 6.07) is 6.71. The van der Waals surface area contributed by atoms with E-state index in [-0.39, 0.29) is 0 Å². The number of anilines is 1. The fourth-order valence-electron chi connectivity index (χ4n) is 1.03. The molecule has 0 saturated heterocycles. The van der Waals surface area contributed by atoms with Crippen LogP contribution in [0.4, 0.5) is 5.69 Å². The molecule has 0 radical (unpaired) electrons. The number of benzene rings is 1. The van der Waals surface area contributed by atoms with Gasteiger partial charge in [0.05, 0.1) is 11.8 Å². The van der Waals surface area contributed by atoms with Crippen LogP contribution in [-0.2, 0) is 9.47 Å². The van der Waals surface area contributed by atoms with E-state index in [9.17, 15) is 4.79 Å². The summed E-state index contributed by atoms with van der Waals surface area (Å²) in [5.74, 6) is -0.483. The normalized spacial score (nSPS) is 8.82. The number of rotatable bonds is 4. The Morgan fingerprint density at radius 2 is 1.94 bits per heavy atom. The third-order valence-corrected chi connectivity index (χ3v) is 1.78. The second-order valence-corrected chi connectivity index (χ2v) is 2.94. The van der Waals surface area contributed by atoms with Gasteiger partial charge < -0.3 is 15.2 Å². The minimum absolute atomic E-state index is 0.359. The number of nitrogens with two attached hydrogens (primary N) is 1. The van der Waals surface area contributed by atoms with Crippen molar-refractivity contribution in [2.75, 3.05) is 18.9 Å². The maximum Gasteiger partial charge on any atom is 0.345 e. The highest BCUT2D eigenvalue weighted by Crippen LogP contribution is 2.11. The van der Waals surface area contributed by atoms with Crippen molar-refractivity contribution in [2.24, 2.45) is 0 Å². The van der Waals surface area contributed by atoms with Gasteiger partial charge >= 0.3 is 5.97 Å². The molecule has 0 heterocycles. The van der Waals surface area contributed by atoms with Crippen LogP contribution in [0.15, 0.2) is 37.1 Å². The van der Waals surface area contributed by atoms with Gasteiger partial charge in [0.1, 0.15) is 0 Å². The molecule has 1 rings (SSSR count). The van der Waals surface area contributed by atoms with Crippen molar-refractivity contribution in [1.29, 1.82) is 0 Å². The van der Waals surface area contributed by atoms with Gasteiger partial charge in [-0.3, -0.25) is 0 Å². The molecule has 0 saturated carbocycles. The molecule has 94 valence electrons. The van der Waals surface area contributed by atoms with Crippen LogP contribution in [0.3, 0.4) is 0 Å². The summed E-state index contributed by atoms with van der Waals surface area (Å²) < 4.78 is 9.39. The molecule has 4 nitrogen and oxygen atoms in total. The van der Waals surface area contributed by atoms with Gasteiger partial charge in [-0.15, -0.1) is 0 Å². The molecule has 2 N–H and O–H groups in total. The topological polar surface area (TPSA) is 61.5 Å². The molecular weight excluding hydrogens is 218 g/mol. The predicted octanol–water partition coefficient (Wildman–Crippen LogP) is 2.61. The minimum Gasteiger partial charge on any atom is -0.431 e. The molecule has 0 spiro atoms. The molecule has 0 aliphatic heterocycles. The second-order valence-electron chi connectivity index (χ2n) is 2.94. The van der Waals surface area contributed by atoms with Crippen molar-refractivity contribution >= 4 is 11.7 Å². The van der Waals surface area contributed by atoms with Gasteiger partial charge in [0.25, 0.3) is 0 Å². The molecule has 0 atom stereocenters. The van der Waals surface area contributed by atoms with E-state index in [4.69, 9.17) is 10.5 Å². The smallest absolute Gasteiger partial charge is 0.345 e. The number of hydrogen-bond donors (Lipinski definition) is 1. The van der Waals surface area contributed by atoms with Crippen molar-refractivity contribution in [3.63, 3.8) is 0 Å². The van der Waals surface area contributed by atoms with Crippen LogP contribution in [0.2, 0.25) is 0 Å². The van der Waals surface area contributed by atoms with Gasteiger partial charge in [-0.05, 0) is 26.0 Å². The largest absolute Gasteiger partial charge is 0.431 e. The van der Waals surface area contributed by atoms with E-state index < -0.39 is 5.97 Å². The van der Waals surface area contributed by atoms with Crippen molar-refractivity contribution in [2.45, 2.75) is 13.8 Å². The standard InChI is InChI=1S/C9H9NO2.C4H10O/c1-2-12-9(11)7-5-3-4-6-8(7)10;1-3-5-4-2/h2-6H,1,10H2;3-4H2,1-2H3. The lowest BCUT2D eigenvalue weighted by molar-refractivity contribution is 0.0665. The van der Waals surface area contributed by atoms with Crippen molar-refractivity contribution in [1.82, 2.24) is 0 Å². The lowest BCUT2D eigenvalue weighted by Gasteiger charge is -2.01. The molecule has 0 aliphatic rings. The van der Waals surface area contributed by atoms with Gasteiger partial charge in [0.2, 0.25) is 0 Å². The molecular formula is C13H19NO3. The van der Waals surface area contributed by atoms with E-state index >= 15 is 0 Å². The SMILES string of the molecule is C=COC(=O)c1ccccc1N.CCOCC. The van der Waals surface area contributed by atoms with Crippen molar-refractivity contribution in [3.8, 4) is 0 Å². The molecule has 4 heteroatoms. The lowest BCUT2D eigenvalue weighted by atomic mass is 10.2. The number of carbonyl (C=O) groups excluding carboxylic acids is 1. The first-order chi connectivity index (χ1) is 8.17. The number of ether oxygens (including phenoxy) is 2. The summed E-state index contributed by atoms with van der Waals surface area (Å²) in [6.07, 6.45) is 1.08. The quantitative estimate of drug-likeness (QED) is 0.496. The minimum atomic E-state index is -0.483. The molecule has 1 aromatic rings. The van der Waals surface area contributed by atoms with E-state index in [1.54, 1.807) is 24.3 Å². The van der Waals surface area contributed by atoms with Gasteiger partial charge in [0, 0.05) is 18.9 Å². The molecule has 1 aromatic carbocycles. The van der Waals surface area contributed by atoms with Crippen LogP contribution in [0.1, 0.15) is 24.2 Å². The highest BCUT2D eigenvalue weighted by molar-refractivity contribution is 5.95. The van der Waals surface area contributed by atoms with Crippen LogP contribution in [0.25, 0.3) is 0 Å². The van der Waals surface area contributed by atoms with E-state index in [1.165, 1.54) is 0 Å². The Hall–Kier alpha value is -1.81. The van der Waals surface area contributed by atoms with Crippen LogP contribution in [0.5, 0.6) is 0 Å². The first kappa shape index (κ1) is 15.2. The molecule has 17 heavy (non-hydrogen) atoms. The zero-order chi connectivity index (χ0) is 13.1. The van der Waals surface area contributed by atoms with Crippen LogP contribution < -0.4 is 5.73 Å². The maximum absolute atomic E-state index is 11.1. The molecule has 0 aromatic heterocycles. The third kappa shape index (κ3) is 6.37. The van der Waals surface area contributed by atoms with E-state index in [2.05, 4.69) is 11.3 Å². The zero-order valence-corrected chi connectivity index (χ0v) is 10.3. The Balaban J connectivity index is 0.000000437. The Labute approximate surface area is 102 Å². The number of hydrogen-bond acceptors (Lipinski definition) is 4. The fraction of sp³-hybridized carbons (Fsp3) is 0.308. The predicted molar refractivity (Wildman–Crippen MR) is 68.6 cm³/mol. The third-order valence-electron chi connectivity index (χ3n) is 1.78. The zero-order valence-electron chi connectivity index (χ0n) is 10.3. The molecule has 0 unspecified atom stereocenters. The van der Waals surface area contributed by atoms with E-state index in [0.29, 0.717) is 11.3 Å². The number of nitrogen functional groups attached to an aromatic ring is 1. The molecule has 0 bridgehead atoms. The highest BCUT2D eigenvalue weighted by Gasteiger charge is 2.07. The first-order valence-electron chi connectivity index (χ1n) is 5.41. The first-order valence-corrected chi connectivity index (χ1v) is 5.41. The Kier molecular flexibility index (Phi) is 8.42. The average Bonchev–Trinajstić information content (AvgIpc) is 2.32. The Bertz CT molecular complexity index is 348. The Morgan fingerprint density at radius 3 is 2.35 bits per heavy atom. The number of para-hydroxylation sites is 1. The van der Waals surface area contributed by atoms with Crippen molar-refractivity contribution in [3.05, 3.63) is 42.7 Å². The fourth-order valence-corrected chi connectivity index (χ4v) is 1.03. The van der Waals surface area contributed by atoms with Crippen LogP contribution in [-0.4, -0.2) is 19.2 Å². The number of carbonyl (C=O) groups is 1. The van der Waals surface area contributed by atoms with E-state index in [0.717, 1.165) is 19.5 Å². The Morgan fingerprint density at radius 1 is 1.35 bits per heavy atom. The van der Waals surface area contributed by atoms with Gasteiger partial charge in [-0.1, -0.05) is 18.7 Å². The van der Waals surface area contributed by atoms with E-state index in [1.807, 2.05) is 13.8 Å². The molecule has 0 fully saturated rings. The summed E-state index contributed by atoms with van der Waals surface area (Å²) in [5, 5.41) is 0. The van der Waals surface area contributed by atoms with Gasteiger partial charge in [-0.25, -0.2) is 4.79 Å². The molecule has 0 amide bonds. The van der Waals surface area contributed by atoms with Crippen LogP contribution in [0, 0.1) is 0 Å². The number of esters is 1. The average molecular weight is 237 g/mol. The monoisotopic (exact) mass is 237 g/mol. The summed E-state index contributed by atoms with van der Waals surface area (Å²) in [5.41, 5.74) is 6.28. The van der Waals surface area contributed by atoms with Crippen molar-refractivity contribution < 1.29 is 14.3 Å². The molecule has 0 aliphatic carbocycles. The highest BCUT2D eigenvalue weighted by atomic mass is 16.5. The second kappa shape index (κ2) is 9.42. The summed E-state index contributed by atoms with van der Waals surface area (Å²) >= 11 is 0.